The molecule has 15 nitrogen and oxygen atoms in total. The molecular formula is C51H65N5O10. The number of carbonyl (C=O) groups excluding carboxylic acids is 5. The van der Waals surface area contributed by atoms with Crippen LogP contribution in [0.2, 0.25) is 0 Å². The Morgan fingerprint density at radius 1 is 0.848 bits per heavy atom. The molecular weight excluding hydrogens is 843 g/mol. The summed E-state index contributed by atoms with van der Waals surface area (Å²) in [5.41, 5.74) is 1.79. The van der Waals surface area contributed by atoms with Crippen molar-refractivity contribution < 1.29 is 43.0 Å². The van der Waals surface area contributed by atoms with E-state index in [9.17, 15) is 33.9 Å². The third-order valence-electron chi connectivity index (χ3n) is 16.3. The highest BCUT2D eigenvalue weighted by molar-refractivity contribution is 5.96. The van der Waals surface area contributed by atoms with Gasteiger partial charge < -0.3 is 45.2 Å². The third kappa shape index (κ3) is 10.0. The molecule has 354 valence electrons. The molecule has 9 atom stereocenters. The number of ether oxygens (including phenoxy) is 2. The zero-order valence-corrected chi connectivity index (χ0v) is 38.4. The second-order valence-electron chi connectivity index (χ2n) is 20.0. The van der Waals surface area contributed by atoms with Crippen LogP contribution in [0.25, 0.3) is 0 Å². The van der Waals surface area contributed by atoms with Gasteiger partial charge in [-0.05, 0) is 135 Å². The molecule has 1 aliphatic heterocycles. The largest absolute Gasteiger partial charge is 0.446 e. The van der Waals surface area contributed by atoms with E-state index in [4.69, 9.17) is 13.9 Å². The Morgan fingerprint density at radius 2 is 1.61 bits per heavy atom. The first-order valence-corrected chi connectivity index (χ1v) is 23.8. The monoisotopic (exact) mass is 907 g/mol. The molecule has 0 spiro atoms. The van der Waals surface area contributed by atoms with E-state index in [-0.39, 0.29) is 65.9 Å². The van der Waals surface area contributed by atoms with Gasteiger partial charge in [0, 0.05) is 49.6 Å². The lowest BCUT2D eigenvalue weighted by Crippen LogP contribution is -2.62. The smallest absolute Gasteiger partial charge is 0.410 e. The number of nitrogens with one attached hydrogen (secondary N) is 4. The van der Waals surface area contributed by atoms with Crippen LogP contribution in [-0.2, 0) is 36.9 Å². The van der Waals surface area contributed by atoms with E-state index in [0.717, 1.165) is 74.5 Å². The van der Waals surface area contributed by atoms with Gasteiger partial charge in [0.1, 0.15) is 18.8 Å². The number of likely N-dealkylation sites (tertiary alicyclic amines) is 1. The topological polar surface area (TPSA) is 206 Å². The van der Waals surface area contributed by atoms with Crippen LogP contribution in [-0.4, -0.2) is 83.3 Å². The van der Waals surface area contributed by atoms with Crippen LogP contribution in [0.5, 0.6) is 0 Å². The maximum atomic E-state index is 13.2. The number of piperidine rings is 1. The molecule has 0 radical (unpaired) electrons. The van der Waals surface area contributed by atoms with Gasteiger partial charge in [-0.25, -0.2) is 14.4 Å². The number of alkyl carbamates (subject to hydrolysis) is 1. The van der Waals surface area contributed by atoms with Crippen LogP contribution in [0, 0.1) is 28.6 Å². The van der Waals surface area contributed by atoms with Crippen LogP contribution < -0.4 is 26.9 Å². The summed E-state index contributed by atoms with van der Waals surface area (Å²) in [6, 6.07) is 18.6. The van der Waals surface area contributed by atoms with Gasteiger partial charge in [-0.15, -0.1) is 0 Å². The second-order valence-corrected chi connectivity index (χ2v) is 20.0. The molecule has 2 heterocycles. The normalized spacial score (nSPS) is 29.8. The highest BCUT2D eigenvalue weighted by Crippen LogP contribution is 2.70. The van der Waals surface area contributed by atoms with E-state index in [0.29, 0.717) is 43.5 Å². The van der Waals surface area contributed by atoms with Crippen molar-refractivity contribution in [2.45, 2.75) is 134 Å². The maximum Gasteiger partial charge on any atom is 0.410 e. The Morgan fingerprint density at radius 3 is 2.32 bits per heavy atom. The number of hydrogen-bond acceptors (Lipinski definition) is 10. The first-order valence-electron chi connectivity index (χ1n) is 23.8. The maximum absolute atomic E-state index is 13.2. The van der Waals surface area contributed by atoms with E-state index in [2.05, 4.69) is 35.1 Å². The van der Waals surface area contributed by atoms with Crippen molar-refractivity contribution in [3.8, 4) is 0 Å². The Kier molecular flexibility index (Phi) is 13.9. The molecule has 4 aliphatic carbocycles. The SMILES string of the molecule is CC(=O)N[C@@H](Cc1ccccc1)C(=O)NCC(=O)Nc1ccc(COC(=O)N2CCC(NC(=O)O[C@H]3CC[C@]4(C)C5CC[C@]6(C)[C@@H](c7ccc(=O)oc7)CC[C@]6(O)C5CC[C@@H]4C3)CC2)cc1. The quantitative estimate of drug-likeness (QED) is 0.132. The minimum absolute atomic E-state index is 0.0409. The fourth-order valence-corrected chi connectivity index (χ4v) is 12.7. The number of aliphatic hydroxyl groups is 1. The second kappa shape index (κ2) is 19.6. The number of anilines is 1. The lowest BCUT2D eigenvalue weighted by Gasteiger charge is -2.63. The van der Waals surface area contributed by atoms with Crippen molar-refractivity contribution >= 4 is 35.6 Å². The van der Waals surface area contributed by atoms with Crippen LogP contribution in [0.1, 0.15) is 114 Å². The summed E-state index contributed by atoms with van der Waals surface area (Å²) >= 11 is 0. The van der Waals surface area contributed by atoms with Gasteiger partial charge in [0.15, 0.2) is 0 Å². The zero-order valence-electron chi connectivity index (χ0n) is 38.4. The van der Waals surface area contributed by atoms with Gasteiger partial charge in [0.2, 0.25) is 17.7 Å². The first kappa shape index (κ1) is 46.8. The molecule has 5 fully saturated rings. The summed E-state index contributed by atoms with van der Waals surface area (Å²) in [6.07, 6.45) is 10.2. The molecule has 66 heavy (non-hydrogen) atoms. The molecule has 4 saturated carbocycles. The van der Waals surface area contributed by atoms with Gasteiger partial charge in [0.05, 0.1) is 18.4 Å². The van der Waals surface area contributed by atoms with Gasteiger partial charge in [-0.1, -0.05) is 56.3 Å². The minimum atomic E-state index is -0.826. The van der Waals surface area contributed by atoms with E-state index in [1.54, 1.807) is 35.4 Å². The Balaban J connectivity index is 0.728. The van der Waals surface area contributed by atoms with Crippen LogP contribution in [0.3, 0.4) is 0 Å². The van der Waals surface area contributed by atoms with Gasteiger partial charge in [-0.3, -0.25) is 14.4 Å². The first-order chi connectivity index (χ1) is 31.6. The molecule has 2 unspecified atom stereocenters. The molecule has 1 saturated heterocycles. The van der Waals surface area contributed by atoms with E-state index < -0.39 is 35.6 Å². The van der Waals surface area contributed by atoms with Crippen molar-refractivity contribution in [2.75, 3.05) is 25.0 Å². The highest BCUT2D eigenvalue weighted by atomic mass is 16.6. The lowest BCUT2D eigenvalue weighted by atomic mass is 9.43. The van der Waals surface area contributed by atoms with Gasteiger partial charge in [0.25, 0.3) is 0 Å². The molecule has 5 aliphatic rings. The number of fused-ring (bicyclic) bond motifs is 5. The summed E-state index contributed by atoms with van der Waals surface area (Å²) in [5, 5.41) is 23.6. The lowest BCUT2D eigenvalue weighted by molar-refractivity contribution is -0.205. The predicted molar refractivity (Wildman–Crippen MR) is 245 cm³/mol. The molecule has 5 amide bonds. The predicted octanol–water partition coefficient (Wildman–Crippen LogP) is 6.58. The zero-order chi connectivity index (χ0) is 46.6. The van der Waals surface area contributed by atoms with Crippen LogP contribution >= 0.6 is 0 Å². The van der Waals surface area contributed by atoms with Crippen molar-refractivity contribution in [2.24, 2.45) is 28.6 Å². The minimum Gasteiger partial charge on any atom is -0.446 e. The summed E-state index contributed by atoms with van der Waals surface area (Å²) < 4.78 is 16.9. The van der Waals surface area contributed by atoms with E-state index in [1.165, 1.54) is 13.0 Å². The average Bonchev–Trinajstić information content (AvgIpc) is 3.59. The molecule has 0 bridgehead atoms. The van der Waals surface area contributed by atoms with Gasteiger partial charge >= 0.3 is 17.8 Å². The summed E-state index contributed by atoms with van der Waals surface area (Å²) in [4.78, 5) is 76.6. The number of carbonyl (C=O) groups is 5. The average molecular weight is 908 g/mol. The van der Waals surface area contributed by atoms with E-state index >= 15 is 0 Å². The van der Waals surface area contributed by atoms with Gasteiger partial charge in [-0.2, -0.15) is 0 Å². The number of benzene rings is 2. The highest BCUT2D eigenvalue weighted by Gasteiger charge is 2.67. The Bertz CT molecular complexity index is 2280. The van der Waals surface area contributed by atoms with Crippen molar-refractivity contribution in [1.29, 1.82) is 0 Å². The summed E-state index contributed by atoms with van der Waals surface area (Å²) in [7, 11) is 0. The number of hydrogen-bond donors (Lipinski definition) is 5. The Labute approximate surface area is 386 Å². The molecule has 8 rings (SSSR count). The van der Waals surface area contributed by atoms with Crippen molar-refractivity contribution in [3.63, 3.8) is 0 Å². The standard InChI is InChI=1S/C51H65N5O10/c1-32(57)53-43(27-33-7-5-4-6-8-33)46(60)52-29-44(58)54-37-13-9-34(10-14-37)30-65-48(62)56-25-20-38(21-26-56)55-47(61)66-39-17-22-49(2)36(28-39)12-15-42-41(49)18-23-50(3)40(19-24-51(42,50)63)35-11-16-45(59)64-31-35/h4-11,13-14,16,31,36,38-43,63H,12,15,17-30H2,1-3H3,(H,52,60)(H,53,57)(H,54,58)(H,55,61)/t36-,39+,40-,41?,42?,43+,49+,50-,51+/m1/s1. The van der Waals surface area contributed by atoms with Crippen LogP contribution in [0.4, 0.5) is 15.3 Å². The van der Waals surface area contributed by atoms with E-state index in [1.807, 2.05) is 36.4 Å². The summed E-state index contributed by atoms with van der Waals surface area (Å²) in [6.45, 7) is 6.63. The summed E-state index contributed by atoms with van der Waals surface area (Å²) in [5.74, 6) is -0.0586. The third-order valence-corrected chi connectivity index (χ3v) is 16.3. The van der Waals surface area contributed by atoms with Crippen LogP contribution in [0.15, 0.2) is 82.2 Å². The molecule has 1 aromatic heterocycles. The fourth-order valence-electron chi connectivity index (χ4n) is 12.7. The number of nitrogens with zero attached hydrogens (tertiary/aromatic N) is 1. The molecule has 3 aromatic rings. The van der Waals surface area contributed by atoms with Crippen molar-refractivity contribution in [1.82, 2.24) is 20.9 Å². The molecule has 15 heteroatoms. The Hall–Kier alpha value is -5.70. The molecule has 5 N–H and O–H groups in total. The molecule has 2 aromatic carbocycles. The number of amides is 5. The number of rotatable bonds is 12. The fraction of sp³-hybridized carbons (Fsp3) is 0.569. The van der Waals surface area contributed by atoms with Crippen molar-refractivity contribution in [3.05, 3.63) is 100 Å².